The summed E-state index contributed by atoms with van der Waals surface area (Å²) in [5.41, 5.74) is 1.78. The van der Waals surface area contributed by atoms with Gasteiger partial charge in [0, 0.05) is 0 Å². The Hall–Kier alpha value is -3.58. The minimum atomic E-state index is -4.05. The molecule has 0 aromatic heterocycles. The molecule has 0 aliphatic rings. The molecule has 0 bridgehead atoms. The Morgan fingerprint density at radius 1 is 0.903 bits per heavy atom. The van der Waals surface area contributed by atoms with Crippen molar-refractivity contribution in [3.8, 4) is 5.75 Å². The van der Waals surface area contributed by atoms with Gasteiger partial charge < -0.3 is 4.74 Å². The number of anilines is 2. The first kappa shape index (κ1) is 22.1. The Kier molecular flexibility index (Phi) is 7.10. The van der Waals surface area contributed by atoms with Crippen LogP contribution in [0.15, 0.2) is 89.8 Å². The van der Waals surface area contributed by atoms with Gasteiger partial charge in [-0.15, -0.1) is 0 Å². The van der Waals surface area contributed by atoms with Crippen LogP contribution in [0.2, 0.25) is 0 Å². The van der Waals surface area contributed by atoms with Crippen LogP contribution in [-0.4, -0.2) is 21.1 Å². The van der Waals surface area contributed by atoms with E-state index in [-0.39, 0.29) is 4.91 Å². The Bertz CT molecular complexity index is 1100. The number of allylic oxidation sites excluding steroid dienone is 1. The molecule has 160 valence electrons. The molecular formula is C24H24N2O4S. The van der Waals surface area contributed by atoms with E-state index >= 15 is 0 Å². The van der Waals surface area contributed by atoms with Crippen molar-refractivity contribution in [2.75, 3.05) is 11.5 Å². The lowest BCUT2D eigenvalue weighted by atomic mass is 10.2. The zero-order chi connectivity index (χ0) is 22.3. The fraction of sp³-hybridized carbons (Fsp3) is 0.125. The number of sulfonamides is 1. The second-order valence-corrected chi connectivity index (χ2v) is 8.53. The van der Waals surface area contributed by atoms with Crippen LogP contribution < -0.4 is 14.4 Å². The predicted molar refractivity (Wildman–Crippen MR) is 124 cm³/mol. The third-order valence-corrected chi connectivity index (χ3v) is 5.85. The molecular weight excluding hydrogens is 412 g/mol. The van der Waals surface area contributed by atoms with Crippen LogP contribution in [0.1, 0.15) is 19.4 Å². The van der Waals surface area contributed by atoms with E-state index in [0.717, 1.165) is 0 Å². The highest BCUT2D eigenvalue weighted by Crippen LogP contribution is 2.25. The van der Waals surface area contributed by atoms with Crippen molar-refractivity contribution < 1.29 is 17.9 Å². The molecule has 0 aliphatic heterocycles. The molecule has 3 aromatic carbocycles. The van der Waals surface area contributed by atoms with Crippen LogP contribution in [0.25, 0.3) is 6.08 Å². The van der Waals surface area contributed by atoms with Gasteiger partial charge in [-0.25, -0.2) is 17.9 Å². The molecule has 0 saturated heterocycles. The normalized spacial score (nSPS) is 11.6. The van der Waals surface area contributed by atoms with Crippen LogP contribution in [-0.2, 0) is 10.0 Å². The number of nitrogens with zero attached hydrogens (tertiary/aromatic N) is 1. The summed E-state index contributed by atoms with van der Waals surface area (Å²) in [6.45, 7) is 3.89. The molecule has 2 amide bonds. The highest BCUT2D eigenvalue weighted by atomic mass is 32.2. The monoisotopic (exact) mass is 436 g/mol. The molecule has 0 radical (unpaired) electrons. The van der Waals surface area contributed by atoms with E-state index < -0.39 is 16.1 Å². The number of rotatable bonds is 7. The van der Waals surface area contributed by atoms with Crippen molar-refractivity contribution in [3.05, 3.63) is 95.4 Å². The van der Waals surface area contributed by atoms with E-state index in [1.807, 2.05) is 19.1 Å². The fourth-order valence-corrected chi connectivity index (χ4v) is 3.69. The highest BCUT2D eigenvalue weighted by molar-refractivity contribution is 7.94. The van der Waals surface area contributed by atoms with Crippen LogP contribution in [0.5, 0.6) is 5.75 Å². The molecule has 0 saturated carbocycles. The number of carbonyl (C=O) groups is 1. The average Bonchev–Trinajstić information content (AvgIpc) is 2.76. The van der Waals surface area contributed by atoms with Gasteiger partial charge in [0.25, 0.3) is 10.0 Å². The highest BCUT2D eigenvalue weighted by Gasteiger charge is 2.24. The van der Waals surface area contributed by atoms with Crippen molar-refractivity contribution in [2.24, 2.45) is 0 Å². The number of hydrogen-bond acceptors (Lipinski definition) is 4. The SMILES string of the molecule is CCOc1ccc(/C=C(\C)S(=O)(=O)NC(=O)N(c2ccccc2)c2ccccc2)cc1. The zero-order valence-electron chi connectivity index (χ0n) is 17.4. The molecule has 7 heteroatoms. The van der Waals surface area contributed by atoms with Crippen molar-refractivity contribution >= 4 is 33.5 Å². The summed E-state index contributed by atoms with van der Waals surface area (Å²) >= 11 is 0. The molecule has 3 rings (SSSR count). The van der Waals surface area contributed by atoms with E-state index in [1.54, 1.807) is 72.8 Å². The standard InChI is InChI=1S/C24H24N2O4S/c1-3-30-23-16-14-20(15-17-23)18-19(2)31(28,29)25-24(27)26(21-10-6-4-7-11-21)22-12-8-5-9-13-22/h4-18H,3H2,1-2H3,(H,25,27)/b19-18+. The number of ether oxygens (including phenoxy) is 1. The van der Waals surface area contributed by atoms with Gasteiger partial charge >= 0.3 is 6.03 Å². The molecule has 0 fully saturated rings. The molecule has 0 aliphatic carbocycles. The molecule has 6 nitrogen and oxygen atoms in total. The zero-order valence-corrected chi connectivity index (χ0v) is 18.2. The number of urea groups is 1. The van der Waals surface area contributed by atoms with Crippen LogP contribution in [0.3, 0.4) is 0 Å². The lowest BCUT2D eigenvalue weighted by molar-refractivity contribution is 0.253. The van der Waals surface area contributed by atoms with E-state index in [9.17, 15) is 13.2 Å². The lowest BCUT2D eigenvalue weighted by Gasteiger charge is -2.23. The third kappa shape index (κ3) is 5.73. The van der Waals surface area contributed by atoms with Gasteiger partial charge in [-0.3, -0.25) is 4.90 Å². The van der Waals surface area contributed by atoms with Crippen molar-refractivity contribution in [2.45, 2.75) is 13.8 Å². The number of amides is 2. The maximum absolute atomic E-state index is 13.0. The molecule has 0 unspecified atom stereocenters. The van der Waals surface area contributed by atoms with Crippen molar-refractivity contribution in [1.29, 1.82) is 0 Å². The minimum absolute atomic E-state index is 0.0195. The first-order valence-electron chi connectivity index (χ1n) is 9.79. The van der Waals surface area contributed by atoms with Gasteiger partial charge in [-0.1, -0.05) is 48.5 Å². The molecule has 3 aromatic rings. The summed E-state index contributed by atoms with van der Waals surface area (Å²) in [4.78, 5) is 14.4. The van der Waals surface area contributed by atoms with Gasteiger partial charge in [-0.2, -0.15) is 0 Å². The fourth-order valence-electron chi connectivity index (χ4n) is 2.92. The predicted octanol–water partition coefficient (Wildman–Crippen LogP) is 5.32. The van der Waals surface area contributed by atoms with Gasteiger partial charge in [0.15, 0.2) is 0 Å². The molecule has 31 heavy (non-hydrogen) atoms. The second-order valence-electron chi connectivity index (χ2n) is 6.67. The largest absolute Gasteiger partial charge is 0.494 e. The van der Waals surface area contributed by atoms with E-state index in [1.165, 1.54) is 17.9 Å². The van der Waals surface area contributed by atoms with Gasteiger partial charge in [0.2, 0.25) is 0 Å². The van der Waals surface area contributed by atoms with Gasteiger partial charge in [-0.05, 0) is 61.9 Å². The Labute approximate surface area is 182 Å². The number of nitrogens with one attached hydrogen (secondary N) is 1. The van der Waals surface area contributed by atoms with Crippen molar-refractivity contribution in [1.82, 2.24) is 4.72 Å². The minimum Gasteiger partial charge on any atom is -0.494 e. The van der Waals surface area contributed by atoms with Gasteiger partial charge in [0.1, 0.15) is 5.75 Å². The number of hydrogen-bond donors (Lipinski definition) is 1. The summed E-state index contributed by atoms with van der Waals surface area (Å²) in [5.74, 6) is 0.704. The second kappa shape index (κ2) is 9.95. The van der Waals surface area contributed by atoms with E-state index in [0.29, 0.717) is 29.3 Å². The summed E-state index contributed by atoms with van der Waals surface area (Å²) in [6, 6.07) is 24.0. The van der Waals surface area contributed by atoms with E-state index in [4.69, 9.17) is 4.74 Å². The van der Waals surface area contributed by atoms with Gasteiger partial charge in [0.05, 0.1) is 22.9 Å². The maximum Gasteiger partial charge on any atom is 0.340 e. The summed E-state index contributed by atoms with van der Waals surface area (Å²) in [7, 11) is -4.05. The number of benzene rings is 3. The Morgan fingerprint density at radius 2 is 1.42 bits per heavy atom. The van der Waals surface area contributed by atoms with Crippen LogP contribution in [0, 0.1) is 0 Å². The first-order valence-corrected chi connectivity index (χ1v) is 11.3. The molecule has 0 spiro atoms. The lowest BCUT2D eigenvalue weighted by Crippen LogP contribution is -2.40. The van der Waals surface area contributed by atoms with Crippen LogP contribution in [0.4, 0.5) is 16.2 Å². The topological polar surface area (TPSA) is 75.7 Å². The smallest absolute Gasteiger partial charge is 0.340 e. The summed E-state index contributed by atoms with van der Waals surface area (Å²) in [5, 5.41) is 0. The first-order chi connectivity index (χ1) is 14.9. The van der Waals surface area contributed by atoms with Crippen LogP contribution >= 0.6 is 0 Å². The summed E-state index contributed by atoms with van der Waals surface area (Å²) < 4.78 is 33.2. The summed E-state index contributed by atoms with van der Waals surface area (Å²) in [6.07, 6.45) is 1.50. The molecule has 0 atom stereocenters. The van der Waals surface area contributed by atoms with Crippen molar-refractivity contribution in [3.63, 3.8) is 0 Å². The quantitative estimate of drug-likeness (QED) is 0.544. The number of carbonyl (C=O) groups excluding carboxylic acids is 1. The maximum atomic E-state index is 13.0. The molecule has 1 N–H and O–H groups in total. The Morgan fingerprint density at radius 3 is 1.90 bits per heavy atom. The average molecular weight is 437 g/mol. The Balaban J connectivity index is 1.85. The number of para-hydroxylation sites is 2. The third-order valence-electron chi connectivity index (χ3n) is 4.44. The van der Waals surface area contributed by atoms with E-state index in [2.05, 4.69) is 4.72 Å². The molecule has 0 heterocycles.